The molecule has 228 valence electrons. The van der Waals surface area contributed by atoms with E-state index in [0.717, 1.165) is 71.3 Å². The number of aromatic nitrogens is 4. The number of furan rings is 1. The molecule has 0 spiro atoms. The highest BCUT2D eigenvalue weighted by atomic mass is 16.3. The Morgan fingerprint density at radius 1 is 0.408 bits per heavy atom. The molecule has 3 aromatic heterocycles. The van der Waals surface area contributed by atoms with E-state index in [-0.39, 0.29) is 0 Å². The molecule has 7 aromatic carbocycles. The second-order valence-electron chi connectivity index (χ2n) is 12.3. The standard InChI is InChI=1S/C44H26N4O/c1-2-10-28(11-3-1)37-25-33(24-31-13-6-7-14-34(31)37)43-46-42(32-18-17-27-9-4-5-12-30(27)23-32)47-44(48-43)36-15-8-16-39-40(36)35-20-19-29-21-22-45-26-38(29)41(35)49-39/h1-26H. The Bertz CT molecular complexity index is 2890. The minimum atomic E-state index is 0.585. The van der Waals surface area contributed by atoms with E-state index in [1.54, 1.807) is 6.20 Å². The van der Waals surface area contributed by atoms with Crippen molar-refractivity contribution in [3.63, 3.8) is 0 Å². The smallest absolute Gasteiger partial charge is 0.164 e. The fourth-order valence-electron chi connectivity index (χ4n) is 7.01. The Labute approximate surface area is 281 Å². The molecule has 5 heteroatoms. The van der Waals surface area contributed by atoms with E-state index in [0.29, 0.717) is 17.5 Å². The van der Waals surface area contributed by atoms with Crippen LogP contribution in [0.15, 0.2) is 162 Å². The van der Waals surface area contributed by atoms with Gasteiger partial charge in [0.2, 0.25) is 0 Å². The van der Waals surface area contributed by atoms with Crippen LogP contribution in [0.2, 0.25) is 0 Å². The molecule has 0 unspecified atom stereocenters. The van der Waals surface area contributed by atoms with Crippen molar-refractivity contribution >= 4 is 54.3 Å². The van der Waals surface area contributed by atoms with Gasteiger partial charge in [-0.15, -0.1) is 0 Å². The summed E-state index contributed by atoms with van der Waals surface area (Å²) in [5.74, 6) is 1.80. The van der Waals surface area contributed by atoms with E-state index in [9.17, 15) is 0 Å². The Hall–Kier alpha value is -6.72. The summed E-state index contributed by atoms with van der Waals surface area (Å²) in [6.45, 7) is 0. The number of rotatable bonds is 4. The van der Waals surface area contributed by atoms with E-state index >= 15 is 0 Å². The minimum absolute atomic E-state index is 0.585. The van der Waals surface area contributed by atoms with Crippen molar-refractivity contribution in [2.75, 3.05) is 0 Å². The average Bonchev–Trinajstić information content (AvgIpc) is 3.57. The maximum atomic E-state index is 6.51. The van der Waals surface area contributed by atoms with Crippen molar-refractivity contribution in [2.45, 2.75) is 0 Å². The van der Waals surface area contributed by atoms with Crippen LogP contribution in [0, 0.1) is 0 Å². The lowest BCUT2D eigenvalue weighted by Gasteiger charge is -2.13. The van der Waals surface area contributed by atoms with Crippen molar-refractivity contribution in [3.05, 3.63) is 158 Å². The number of hydrogen-bond acceptors (Lipinski definition) is 5. The Morgan fingerprint density at radius 3 is 2.04 bits per heavy atom. The van der Waals surface area contributed by atoms with E-state index in [2.05, 4.69) is 126 Å². The van der Waals surface area contributed by atoms with Crippen LogP contribution in [0.3, 0.4) is 0 Å². The van der Waals surface area contributed by atoms with Crippen molar-refractivity contribution in [1.82, 2.24) is 19.9 Å². The summed E-state index contributed by atoms with van der Waals surface area (Å²) in [7, 11) is 0. The highest BCUT2D eigenvalue weighted by Crippen LogP contribution is 2.40. The van der Waals surface area contributed by atoms with E-state index in [1.807, 2.05) is 30.5 Å². The van der Waals surface area contributed by atoms with Crippen LogP contribution in [-0.4, -0.2) is 19.9 Å². The molecule has 0 radical (unpaired) electrons. The third kappa shape index (κ3) is 4.55. The Balaban J connectivity index is 1.26. The van der Waals surface area contributed by atoms with Crippen LogP contribution in [0.25, 0.3) is 99.5 Å². The Morgan fingerprint density at radius 2 is 1.14 bits per heavy atom. The van der Waals surface area contributed by atoms with Gasteiger partial charge in [-0.3, -0.25) is 4.98 Å². The minimum Gasteiger partial charge on any atom is -0.455 e. The molecule has 0 atom stereocenters. The molecule has 3 heterocycles. The number of pyridine rings is 1. The van der Waals surface area contributed by atoms with E-state index in [1.165, 1.54) is 10.8 Å². The Kier molecular flexibility index (Phi) is 6.11. The summed E-state index contributed by atoms with van der Waals surface area (Å²) in [4.78, 5) is 19.9. The van der Waals surface area contributed by atoms with Crippen LogP contribution in [-0.2, 0) is 0 Å². The summed E-state index contributed by atoms with van der Waals surface area (Å²) in [6, 6.07) is 50.4. The molecule has 49 heavy (non-hydrogen) atoms. The van der Waals surface area contributed by atoms with Crippen molar-refractivity contribution in [1.29, 1.82) is 0 Å². The van der Waals surface area contributed by atoms with Crippen LogP contribution in [0.5, 0.6) is 0 Å². The molecule has 10 rings (SSSR count). The maximum absolute atomic E-state index is 6.51. The van der Waals surface area contributed by atoms with Crippen molar-refractivity contribution < 1.29 is 4.42 Å². The molecule has 5 nitrogen and oxygen atoms in total. The van der Waals surface area contributed by atoms with Gasteiger partial charge < -0.3 is 4.42 Å². The molecule has 0 fully saturated rings. The highest BCUT2D eigenvalue weighted by molar-refractivity contribution is 6.18. The van der Waals surface area contributed by atoms with Gasteiger partial charge in [-0.05, 0) is 74.5 Å². The lowest BCUT2D eigenvalue weighted by atomic mass is 9.95. The molecule has 10 aromatic rings. The predicted molar refractivity (Wildman–Crippen MR) is 199 cm³/mol. The third-order valence-electron chi connectivity index (χ3n) is 9.37. The first-order chi connectivity index (χ1) is 24.3. The van der Waals surface area contributed by atoms with Gasteiger partial charge in [0.25, 0.3) is 0 Å². The molecule has 0 saturated carbocycles. The fourth-order valence-corrected chi connectivity index (χ4v) is 7.01. The van der Waals surface area contributed by atoms with Crippen molar-refractivity contribution in [2.24, 2.45) is 0 Å². The van der Waals surface area contributed by atoms with Crippen LogP contribution >= 0.6 is 0 Å². The zero-order valence-electron chi connectivity index (χ0n) is 26.2. The third-order valence-corrected chi connectivity index (χ3v) is 9.37. The quantitative estimate of drug-likeness (QED) is 0.194. The van der Waals surface area contributed by atoms with Crippen LogP contribution < -0.4 is 0 Å². The van der Waals surface area contributed by atoms with Gasteiger partial charge >= 0.3 is 0 Å². The molecular formula is C44H26N4O. The second kappa shape index (κ2) is 10.9. The first-order valence-electron chi connectivity index (χ1n) is 16.3. The topological polar surface area (TPSA) is 64.7 Å². The molecule has 0 amide bonds. The molecule has 0 aliphatic rings. The summed E-state index contributed by atoms with van der Waals surface area (Å²) in [6.07, 6.45) is 3.67. The first kappa shape index (κ1) is 27.4. The highest BCUT2D eigenvalue weighted by Gasteiger charge is 2.20. The average molecular weight is 627 g/mol. The van der Waals surface area contributed by atoms with Crippen molar-refractivity contribution in [3.8, 4) is 45.3 Å². The number of nitrogens with zero attached hydrogens (tertiary/aromatic N) is 4. The van der Waals surface area contributed by atoms with Gasteiger partial charge in [0, 0.05) is 45.2 Å². The summed E-state index contributed by atoms with van der Waals surface area (Å²) < 4.78 is 6.51. The zero-order chi connectivity index (χ0) is 32.3. The molecule has 0 N–H and O–H groups in total. The molecule has 0 bridgehead atoms. The largest absolute Gasteiger partial charge is 0.455 e. The van der Waals surface area contributed by atoms with E-state index in [4.69, 9.17) is 19.4 Å². The van der Waals surface area contributed by atoms with Gasteiger partial charge in [-0.2, -0.15) is 0 Å². The summed E-state index contributed by atoms with van der Waals surface area (Å²) >= 11 is 0. The number of benzene rings is 7. The van der Waals surface area contributed by atoms with Crippen LogP contribution in [0.4, 0.5) is 0 Å². The molecule has 0 saturated heterocycles. The lowest BCUT2D eigenvalue weighted by molar-refractivity contribution is 0.672. The lowest BCUT2D eigenvalue weighted by Crippen LogP contribution is -2.01. The fraction of sp³-hybridized carbons (Fsp3) is 0. The zero-order valence-corrected chi connectivity index (χ0v) is 26.2. The van der Waals surface area contributed by atoms with Gasteiger partial charge in [-0.1, -0.05) is 109 Å². The predicted octanol–water partition coefficient (Wildman–Crippen LogP) is 11.3. The summed E-state index contributed by atoms with van der Waals surface area (Å²) in [5, 5.41) is 8.61. The number of fused-ring (bicyclic) bond motifs is 7. The van der Waals surface area contributed by atoms with Gasteiger partial charge in [0.15, 0.2) is 17.5 Å². The first-order valence-corrected chi connectivity index (χ1v) is 16.3. The number of hydrogen-bond donors (Lipinski definition) is 0. The molecule has 0 aliphatic carbocycles. The van der Waals surface area contributed by atoms with E-state index < -0.39 is 0 Å². The van der Waals surface area contributed by atoms with Crippen LogP contribution in [0.1, 0.15) is 0 Å². The molecular weight excluding hydrogens is 601 g/mol. The second-order valence-corrected chi connectivity index (χ2v) is 12.3. The van der Waals surface area contributed by atoms with Gasteiger partial charge in [0.1, 0.15) is 11.2 Å². The van der Waals surface area contributed by atoms with Gasteiger partial charge in [0.05, 0.1) is 0 Å². The molecule has 0 aliphatic heterocycles. The maximum Gasteiger partial charge on any atom is 0.164 e. The monoisotopic (exact) mass is 626 g/mol. The van der Waals surface area contributed by atoms with Gasteiger partial charge in [-0.25, -0.2) is 15.0 Å². The summed E-state index contributed by atoms with van der Waals surface area (Å²) in [5.41, 5.74) is 6.58. The normalized spacial score (nSPS) is 11.7. The SMILES string of the molecule is c1ccc(-c2cc(-c3nc(-c4ccc5ccccc5c4)nc(-c4cccc5oc6c7cnccc7ccc6c45)n3)cc3ccccc23)cc1.